The van der Waals surface area contributed by atoms with E-state index < -0.39 is 0 Å². The standard InChI is InChI=1S/C16H25N3O/c1-3-16(4-2)8-9-19(12-16)11-13-6-5-7-14(10-13)15(17)18-20/h5-7,10,20H,3-4,8-9,11-12H2,1-2H3,(H2,17,18). The Morgan fingerprint density at radius 1 is 1.40 bits per heavy atom. The second-order valence-electron chi connectivity index (χ2n) is 5.85. The molecule has 0 unspecified atom stereocenters. The summed E-state index contributed by atoms with van der Waals surface area (Å²) in [5.41, 5.74) is 8.15. The minimum Gasteiger partial charge on any atom is -0.409 e. The van der Waals surface area contributed by atoms with Crippen molar-refractivity contribution >= 4 is 5.84 Å². The number of hydrogen-bond acceptors (Lipinski definition) is 3. The van der Waals surface area contributed by atoms with Gasteiger partial charge < -0.3 is 10.9 Å². The van der Waals surface area contributed by atoms with E-state index in [-0.39, 0.29) is 5.84 Å². The van der Waals surface area contributed by atoms with Crippen LogP contribution in [0.4, 0.5) is 0 Å². The van der Waals surface area contributed by atoms with Crippen LogP contribution in [0.3, 0.4) is 0 Å². The van der Waals surface area contributed by atoms with Gasteiger partial charge in [-0.05, 0) is 42.9 Å². The van der Waals surface area contributed by atoms with Crippen LogP contribution in [0.15, 0.2) is 29.4 Å². The van der Waals surface area contributed by atoms with Crippen molar-refractivity contribution < 1.29 is 5.21 Å². The number of hydrogen-bond donors (Lipinski definition) is 2. The summed E-state index contributed by atoms with van der Waals surface area (Å²) >= 11 is 0. The molecule has 1 fully saturated rings. The lowest BCUT2D eigenvalue weighted by Crippen LogP contribution is -2.26. The van der Waals surface area contributed by atoms with Crippen molar-refractivity contribution in [2.24, 2.45) is 16.3 Å². The summed E-state index contributed by atoms with van der Waals surface area (Å²) in [7, 11) is 0. The Bertz CT molecular complexity index is 480. The van der Waals surface area contributed by atoms with Gasteiger partial charge in [-0.25, -0.2) is 0 Å². The molecule has 0 amide bonds. The largest absolute Gasteiger partial charge is 0.409 e. The van der Waals surface area contributed by atoms with E-state index in [2.05, 4.69) is 30.0 Å². The Morgan fingerprint density at radius 2 is 2.15 bits per heavy atom. The quantitative estimate of drug-likeness (QED) is 0.376. The fourth-order valence-electron chi connectivity index (χ4n) is 3.13. The maximum atomic E-state index is 8.75. The molecule has 1 saturated heterocycles. The van der Waals surface area contributed by atoms with Crippen molar-refractivity contribution in [3.8, 4) is 0 Å². The summed E-state index contributed by atoms with van der Waals surface area (Å²) < 4.78 is 0. The number of rotatable bonds is 5. The van der Waals surface area contributed by atoms with Crippen LogP contribution in [0.25, 0.3) is 0 Å². The summed E-state index contributed by atoms with van der Waals surface area (Å²) in [5, 5.41) is 11.8. The molecule has 3 N–H and O–H groups in total. The Balaban J connectivity index is 2.05. The maximum absolute atomic E-state index is 8.75. The second kappa shape index (κ2) is 6.27. The molecule has 1 heterocycles. The zero-order valence-corrected chi connectivity index (χ0v) is 12.5. The number of nitrogens with two attached hydrogens (primary N) is 1. The lowest BCUT2D eigenvalue weighted by Gasteiger charge is -2.26. The van der Waals surface area contributed by atoms with Crippen molar-refractivity contribution in [2.75, 3.05) is 13.1 Å². The van der Waals surface area contributed by atoms with Crippen LogP contribution in [0.1, 0.15) is 44.2 Å². The molecule has 4 heteroatoms. The summed E-state index contributed by atoms with van der Waals surface area (Å²) in [6.07, 6.45) is 3.80. The van der Waals surface area contributed by atoms with E-state index in [9.17, 15) is 0 Å². The number of likely N-dealkylation sites (tertiary alicyclic amines) is 1. The Kier molecular flexibility index (Phi) is 4.65. The van der Waals surface area contributed by atoms with Crippen molar-refractivity contribution in [1.82, 2.24) is 4.90 Å². The molecule has 1 aromatic rings. The highest BCUT2D eigenvalue weighted by Gasteiger charge is 2.34. The van der Waals surface area contributed by atoms with Crippen LogP contribution >= 0.6 is 0 Å². The average Bonchev–Trinajstić information content (AvgIpc) is 2.90. The highest BCUT2D eigenvalue weighted by Crippen LogP contribution is 2.37. The van der Waals surface area contributed by atoms with Crippen molar-refractivity contribution in [3.63, 3.8) is 0 Å². The average molecular weight is 275 g/mol. The van der Waals surface area contributed by atoms with Gasteiger partial charge in [-0.1, -0.05) is 37.2 Å². The molecule has 2 rings (SSSR count). The molecule has 20 heavy (non-hydrogen) atoms. The number of nitrogens with zero attached hydrogens (tertiary/aromatic N) is 2. The summed E-state index contributed by atoms with van der Waals surface area (Å²) in [6, 6.07) is 7.94. The van der Waals surface area contributed by atoms with Gasteiger partial charge in [-0.3, -0.25) is 4.90 Å². The fourth-order valence-corrected chi connectivity index (χ4v) is 3.13. The van der Waals surface area contributed by atoms with E-state index in [1.54, 1.807) is 0 Å². The molecule has 0 saturated carbocycles. The minimum absolute atomic E-state index is 0.171. The first-order chi connectivity index (χ1) is 9.62. The zero-order valence-electron chi connectivity index (χ0n) is 12.5. The zero-order chi connectivity index (χ0) is 14.6. The van der Waals surface area contributed by atoms with Gasteiger partial charge in [-0.2, -0.15) is 0 Å². The van der Waals surface area contributed by atoms with E-state index in [1.165, 1.54) is 31.4 Å². The maximum Gasteiger partial charge on any atom is 0.170 e. The number of oxime groups is 1. The predicted octanol–water partition coefficient (Wildman–Crippen LogP) is 2.79. The van der Waals surface area contributed by atoms with Gasteiger partial charge in [-0.15, -0.1) is 0 Å². The normalized spacial score (nSPS) is 19.4. The molecule has 0 spiro atoms. The van der Waals surface area contributed by atoms with E-state index in [0.29, 0.717) is 5.41 Å². The van der Waals surface area contributed by atoms with Crippen LogP contribution in [0, 0.1) is 5.41 Å². The van der Waals surface area contributed by atoms with Gasteiger partial charge in [0.25, 0.3) is 0 Å². The third-order valence-corrected chi connectivity index (χ3v) is 4.75. The monoisotopic (exact) mass is 275 g/mol. The van der Waals surface area contributed by atoms with Crippen LogP contribution < -0.4 is 5.73 Å². The third kappa shape index (κ3) is 3.12. The van der Waals surface area contributed by atoms with Crippen LogP contribution in [-0.2, 0) is 6.54 Å². The molecule has 4 nitrogen and oxygen atoms in total. The van der Waals surface area contributed by atoms with E-state index in [0.717, 1.165) is 18.7 Å². The molecule has 0 radical (unpaired) electrons. The predicted molar refractivity (Wildman–Crippen MR) is 81.9 cm³/mol. The molecule has 1 aliphatic heterocycles. The Morgan fingerprint density at radius 3 is 2.75 bits per heavy atom. The Hall–Kier alpha value is -1.55. The van der Waals surface area contributed by atoms with Crippen molar-refractivity contribution in [1.29, 1.82) is 0 Å². The Labute approximate surface area is 121 Å². The van der Waals surface area contributed by atoms with E-state index >= 15 is 0 Å². The summed E-state index contributed by atoms with van der Waals surface area (Å²) in [6.45, 7) is 7.87. The van der Waals surface area contributed by atoms with Crippen LogP contribution in [0.2, 0.25) is 0 Å². The molecule has 0 bridgehead atoms. The van der Waals surface area contributed by atoms with Crippen molar-refractivity contribution in [3.05, 3.63) is 35.4 Å². The molecule has 0 atom stereocenters. The van der Waals surface area contributed by atoms with Crippen LogP contribution in [0.5, 0.6) is 0 Å². The number of amidine groups is 1. The fraction of sp³-hybridized carbons (Fsp3) is 0.562. The molecule has 0 aliphatic carbocycles. The molecule has 1 aromatic carbocycles. The minimum atomic E-state index is 0.171. The molecular formula is C16H25N3O. The first-order valence-electron chi connectivity index (χ1n) is 7.41. The third-order valence-electron chi connectivity index (χ3n) is 4.75. The lowest BCUT2D eigenvalue weighted by atomic mass is 9.82. The van der Waals surface area contributed by atoms with Gasteiger partial charge in [0.1, 0.15) is 0 Å². The molecular weight excluding hydrogens is 250 g/mol. The first kappa shape index (κ1) is 14.9. The van der Waals surface area contributed by atoms with E-state index in [1.807, 2.05) is 18.2 Å². The van der Waals surface area contributed by atoms with Crippen LogP contribution in [-0.4, -0.2) is 29.0 Å². The van der Waals surface area contributed by atoms with Gasteiger partial charge in [0.15, 0.2) is 5.84 Å². The highest BCUT2D eigenvalue weighted by atomic mass is 16.4. The van der Waals surface area contributed by atoms with Gasteiger partial charge in [0, 0.05) is 18.7 Å². The van der Waals surface area contributed by atoms with Gasteiger partial charge in [0.05, 0.1) is 0 Å². The van der Waals surface area contributed by atoms with E-state index in [4.69, 9.17) is 10.9 Å². The second-order valence-corrected chi connectivity index (χ2v) is 5.85. The molecule has 1 aliphatic rings. The highest BCUT2D eigenvalue weighted by molar-refractivity contribution is 5.97. The summed E-state index contributed by atoms with van der Waals surface area (Å²) in [5.74, 6) is 0.171. The SMILES string of the molecule is CCC1(CC)CCN(Cc2cccc(/C(N)=N/O)c2)C1. The smallest absolute Gasteiger partial charge is 0.170 e. The lowest BCUT2D eigenvalue weighted by molar-refractivity contribution is 0.236. The van der Waals surface area contributed by atoms with Crippen molar-refractivity contribution in [2.45, 2.75) is 39.7 Å². The molecule has 110 valence electrons. The number of benzene rings is 1. The molecule has 0 aromatic heterocycles. The topological polar surface area (TPSA) is 61.8 Å². The van der Waals surface area contributed by atoms with Gasteiger partial charge in [0.2, 0.25) is 0 Å². The van der Waals surface area contributed by atoms with Gasteiger partial charge >= 0.3 is 0 Å². The summed E-state index contributed by atoms with van der Waals surface area (Å²) in [4.78, 5) is 2.51. The first-order valence-corrected chi connectivity index (χ1v) is 7.41.